The van der Waals surface area contributed by atoms with Crippen molar-refractivity contribution in [3.05, 3.63) is 0 Å². The zero-order valence-electron chi connectivity index (χ0n) is 10.4. The zero-order chi connectivity index (χ0) is 12.3. The predicted octanol–water partition coefficient (Wildman–Crippen LogP) is -0.311. The minimum atomic E-state index is -3.20. The number of hydrogen-bond acceptors (Lipinski definition) is 4. The first-order valence-corrected chi connectivity index (χ1v) is 7.33. The second-order valence-corrected chi connectivity index (χ2v) is 6.84. The molecule has 6 heteroatoms. The molecule has 2 N–H and O–H groups in total. The first-order valence-electron chi connectivity index (χ1n) is 5.82. The Labute approximate surface area is 98.6 Å². The standard InChI is InChI=1S/C10H23N3O2S/c1-4-10-8-13(6-5-12(10)3)16(14,15)9(2)7-11/h9-10H,4-8,11H2,1-3H3. The van der Waals surface area contributed by atoms with Crippen molar-refractivity contribution in [3.63, 3.8) is 0 Å². The summed E-state index contributed by atoms with van der Waals surface area (Å²) in [5, 5.41) is -0.478. The monoisotopic (exact) mass is 249 g/mol. The lowest BCUT2D eigenvalue weighted by molar-refractivity contribution is 0.143. The summed E-state index contributed by atoms with van der Waals surface area (Å²) in [6.07, 6.45) is 0.972. The Bertz CT molecular complexity index is 318. The minimum Gasteiger partial charge on any atom is -0.329 e. The van der Waals surface area contributed by atoms with E-state index in [2.05, 4.69) is 11.8 Å². The van der Waals surface area contributed by atoms with Crippen LogP contribution in [0, 0.1) is 0 Å². The molecule has 2 atom stereocenters. The van der Waals surface area contributed by atoms with E-state index < -0.39 is 15.3 Å². The second-order valence-electron chi connectivity index (χ2n) is 4.49. The van der Waals surface area contributed by atoms with Gasteiger partial charge in [-0.25, -0.2) is 8.42 Å². The van der Waals surface area contributed by atoms with E-state index in [9.17, 15) is 8.42 Å². The molecule has 1 fully saturated rings. The molecule has 0 aromatic carbocycles. The van der Waals surface area contributed by atoms with Gasteiger partial charge in [0.2, 0.25) is 10.0 Å². The molecule has 0 aromatic rings. The highest BCUT2D eigenvalue weighted by Crippen LogP contribution is 2.16. The van der Waals surface area contributed by atoms with Crippen LogP contribution in [0.15, 0.2) is 0 Å². The summed E-state index contributed by atoms with van der Waals surface area (Å²) in [4.78, 5) is 2.22. The lowest BCUT2D eigenvalue weighted by atomic mass is 10.1. The third-order valence-corrected chi connectivity index (χ3v) is 5.67. The van der Waals surface area contributed by atoms with Crippen molar-refractivity contribution in [3.8, 4) is 0 Å². The quantitative estimate of drug-likeness (QED) is 0.742. The Kier molecular flexibility index (Phi) is 4.73. The molecule has 0 saturated carbocycles. The van der Waals surface area contributed by atoms with E-state index in [1.807, 2.05) is 7.05 Å². The van der Waals surface area contributed by atoms with Crippen molar-refractivity contribution < 1.29 is 8.42 Å². The highest BCUT2D eigenvalue weighted by molar-refractivity contribution is 7.89. The Morgan fingerprint density at radius 1 is 1.44 bits per heavy atom. The predicted molar refractivity (Wildman–Crippen MR) is 65.7 cm³/mol. The van der Waals surface area contributed by atoms with E-state index in [4.69, 9.17) is 5.73 Å². The highest BCUT2D eigenvalue weighted by Gasteiger charge is 2.33. The number of rotatable bonds is 4. The van der Waals surface area contributed by atoms with Crippen molar-refractivity contribution in [2.24, 2.45) is 5.73 Å². The molecular formula is C10H23N3O2S. The molecule has 0 aromatic heterocycles. The second kappa shape index (κ2) is 5.44. The summed E-state index contributed by atoms with van der Waals surface area (Å²) >= 11 is 0. The fraction of sp³-hybridized carbons (Fsp3) is 1.00. The summed E-state index contributed by atoms with van der Waals surface area (Å²) < 4.78 is 25.8. The largest absolute Gasteiger partial charge is 0.329 e. The van der Waals surface area contributed by atoms with Crippen molar-refractivity contribution in [1.82, 2.24) is 9.21 Å². The molecule has 1 rings (SSSR count). The first kappa shape index (κ1) is 13.9. The molecule has 16 heavy (non-hydrogen) atoms. The van der Waals surface area contributed by atoms with Crippen LogP contribution in [0.3, 0.4) is 0 Å². The fourth-order valence-electron chi connectivity index (χ4n) is 1.97. The van der Waals surface area contributed by atoms with Crippen molar-refractivity contribution in [1.29, 1.82) is 0 Å². The smallest absolute Gasteiger partial charge is 0.218 e. The van der Waals surface area contributed by atoms with Crippen LogP contribution >= 0.6 is 0 Å². The van der Waals surface area contributed by atoms with Gasteiger partial charge in [0.15, 0.2) is 0 Å². The minimum absolute atomic E-state index is 0.186. The van der Waals surface area contributed by atoms with Gasteiger partial charge >= 0.3 is 0 Å². The molecule has 96 valence electrons. The third-order valence-electron chi connectivity index (χ3n) is 3.41. The van der Waals surface area contributed by atoms with Crippen molar-refractivity contribution in [2.45, 2.75) is 31.6 Å². The fourth-order valence-corrected chi connectivity index (χ4v) is 3.43. The van der Waals surface area contributed by atoms with Gasteiger partial charge in [0.1, 0.15) is 0 Å². The molecule has 1 aliphatic heterocycles. The lowest BCUT2D eigenvalue weighted by Crippen LogP contribution is -2.55. The summed E-state index contributed by atoms with van der Waals surface area (Å²) in [6, 6.07) is 0.327. The van der Waals surface area contributed by atoms with E-state index in [0.29, 0.717) is 19.1 Å². The van der Waals surface area contributed by atoms with Crippen LogP contribution in [0.4, 0.5) is 0 Å². The highest BCUT2D eigenvalue weighted by atomic mass is 32.2. The van der Waals surface area contributed by atoms with Crippen molar-refractivity contribution in [2.75, 3.05) is 33.2 Å². The molecular weight excluding hydrogens is 226 g/mol. The lowest BCUT2D eigenvalue weighted by Gasteiger charge is -2.39. The van der Waals surface area contributed by atoms with Gasteiger partial charge in [-0.15, -0.1) is 0 Å². The Morgan fingerprint density at radius 2 is 2.06 bits per heavy atom. The summed E-state index contributed by atoms with van der Waals surface area (Å²) in [5.41, 5.74) is 5.44. The van der Waals surface area contributed by atoms with Gasteiger partial charge in [-0.1, -0.05) is 6.92 Å². The number of piperazine rings is 1. The Morgan fingerprint density at radius 3 is 2.56 bits per heavy atom. The molecule has 1 saturated heterocycles. The molecule has 0 spiro atoms. The summed E-state index contributed by atoms with van der Waals surface area (Å²) in [5.74, 6) is 0. The molecule has 1 aliphatic rings. The molecule has 0 aliphatic carbocycles. The van der Waals surface area contributed by atoms with E-state index in [-0.39, 0.29) is 6.54 Å². The summed E-state index contributed by atoms with van der Waals surface area (Å²) in [7, 11) is -1.15. The van der Waals surface area contributed by atoms with Gasteiger partial charge < -0.3 is 10.6 Å². The van der Waals surface area contributed by atoms with E-state index in [1.54, 1.807) is 11.2 Å². The van der Waals surface area contributed by atoms with Crippen LogP contribution in [-0.4, -0.2) is 62.1 Å². The number of likely N-dealkylation sites (N-methyl/N-ethyl adjacent to an activating group) is 1. The van der Waals surface area contributed by atoms with E-state index in [0.717, 1.165) is 13.0 Å². The maximum atomic E-state index is 12.1. The van der Waals surface area contributed by atoms with Crippen LogP contribution < -0.4 is 5.73 Å². The maximum Gasteiger partial charge on any atom is 0.218 e. The Hall–Kier alpha value is -0.170. The Balaban J connectivity index is 2.75. The third kappa shape index (κ3) is 2.74. The normalized spacial score (nSPS) is 26.9. The van der Waals surface area contributed by atoms with Gasteiger partial charge in [-0.05, 0) is 20.4 Å². The number of nitrogens with two attached hydrogens (primary N) is 1. The van der Waals surface area contributed by atoms with E-state index in [1.165, 1.54) is 0 Å². The molecule has 1 heterocycles. The van der Waals surface area contributed by atoms with Crippen LogP contribution in [0.1, 0.15) is 20.3 Å². The molecule has 5 nitrogen and oxygen atoms in total. The van der Waals surface area contributed by atoms with Crippen LogP contribution in [-0.2, 0) is 10.0 Å². The van der Waals surface area contributed by atoms with Crippen LogP contribution in [0.25, 0.3) is 0 Å². The number of hydrogen-bond donors (Lipinski definition) is 1. The molecule has 0 radical (unpaired) electrons. The molecule has 0 bridgehead atoms. The topological polar surface area (TPSA) is 66.6 Å². The SMILES string of the molecule is CCC1CN(S(=O)(=O)C(C)CN)CCN1C. The summed E-state index contributed by atoms with van der Waals surface area (Å²) in [6.45, 7) is 5.93. The van der Waals surface area contributed by atoms with Gasteiger partial charge in [0, 0.05) is 32.2 Å². The molecule has 2 unspecified atom stereocenters. The van der Waals surface area contributed by atoms with Gasteiger partial charge in [0.05, 0.1) is 5.25 Å². The van der Waals surface area contributed by atoms with Gasteiger partial charge in [-0.2, -0.15) is 4.31 Å². The van der Waals surface area contributed by atoms with Crippen LogP contribution in [0.5, 0.6) is 0 Å². The van der Waals surface area contributed by atoms with Crippen LogP contribution in [0.2, 0.25) is 0 Å². The average Bonchev–Trinajstić information content (AvgIpc) is 2.28. The van der Waals surface area contributed by atoms with Gasteiger partial charge in [0.25, 0.3) is 0 Å². The number of nitrogens with zero attached hydrogens (tertiary/aromatic N) is 2. The maximum absolute atomic E-state index is 12.1. The van der Waals surface area contributed by atoms with Gasteiger partial charge in [-0.3, -0.25) is 0 Å². The number of sulfonamides is 1. The molecule has 0 amide bonds. The average molecular weight is 249 g/mol. The van der Waals surface area contributed by atoms with E-state index >= 15 is 0 Å². The zero-order valence-corrected chi connectivity index (χ0v) is 11.2. The first-order chi connectivity index (χ1) is 7.43. The van der Waals surface area contributed by atoms with Crippen molar-refractivity contribution >= 4 is 10.0 Å².